The van der Waals surface area contributed by atoms with E-state index >= 15 is 0 Å². The molecular formula is C11H18N4O2. The number of unbranched alkanes of at least 4 members (excludes halogenated alkanes) is 1. The lowest BCUT2D eigenvalue weighted by Crippen LogP contribution is -2.31. The van der Waals surface area contributed by atoms with Crippen LogP contribution in [0.2, 0.25) is 0 Å². The molecule has 0 aliphatic rings. The molecule has 1 rings (SSSR count). The van der Waals surface area contributed by atoms with Gasteiger partial charge in [0.2, 0.25) is 5.95 Å². The highest BCUT2D eigenvalue weighted by Crippen LogP contribution is 2.00. The molecule has 1 heterocycles. The number of rotatable bonds is 4. The van der Waals surface area contributed by atoms with Crippen LogP contribution < -0.4 is 16.2 Å². The standard InChI is InChI=1S/C11H18N4O2/c1-4-5-6-12-11(17)15-10-13-8(3)7(2)9(16)14-10/h4-6H2,1-3H3,(H3,12,13,14,15,16,17). The third-order valence-corrected chi connectivity index (χ3v) is 2.44. The maximum Gasteiger partial charge on any atom is 0.321 e. The molecule has 0 aromatic carbocycles. The van der Waals surface area contributed by atoms with Gasteiger partial charge >= 0.3 is 6.03 Å². The molecule has 0 bridgehead atoms. The first-order chi connectivity index (χ1) is 8.04. The smallest absolute Gasteiger partial charge is 0.321 e. The quantitative estimate of drug-likeness (QED) is 0.691. The van der Waals surface area contributed by atoms with Crippen LogP contribution in [0.25, 0.3) is 0 Å². The second-order valence-corrected chi connectivity index (χ2v) is 3.86. The fraction of sp³-hybridized carbons (Fsp3) is 0.545. The largest absolute Gasteiger partial charge is 0.338 e. The topological polar surface area (TPSA) is 86.9 Å². The maximum atomic E-state index is 11.4. The first-order valence-corrected chi connectivity index (χ1v) is 5.67. The van der Waals surface area contributed by atoms with Gasteiger partial charge in [0.05, 0.1) is 0 Å². The van der Waals surface area contributed by atoms with Crippen LogP contribution in [0.1, 0.15) is 31.0 Å². The van der Waals surface area contributed by atoms with E-state index in [1.54, 1.807) is 13.8 Å². The number of anilines is 1. The lowest BCUT2D eigenvalue weighted by atomic mass is 10.3. The van der Waals surface area contributed by atoms with E-state index in [4.69, 9.17) is 0 Å². The summed E-state index contributed by atoms with van der Waals surface area (Å²) in [5.74, 6) is 0.173. The highest BCUT2D eigenvalue weighted by Gasteiger charge is 2.06. The van der Waals surface area contributed by atoms with Crippen LogP contribution in [0.4, 0.5) is 10.7 Å². The summed E-state index contributed by atoms with van der Waals surface area (Å²) >= 11 is 0. The molecule has 0 unspecified atom stereocenters. The fourth-order valence-corrected chi connectivity index (χ4v) is 1.23. The van der Waals surface area contributed by atoms with Crippen LogP contribution in [-0.2, 0) is 0 Å². The third-order valence-electron chi connectivity index (χ3n) is 2.44. The van der Waals surface area contributed by atoms with Crippen LogP contribution in [0.5, 0.6) is 0 Å². The van der Waals surface area contributed by atoms with Crippen molar-refractivity contribution in [2.45, 2.75) is 33.6 Å². The van der Waals surface area contributed by atoms with Gasteiger partial charge in [-0.3, -0.25) is 15.1 Å². The van der Waals surface area contributed by atoms with E-state index in [0.717, 1.165) is 12.8 Å². The first-order valence-electron chi connectivity index (χ1n) is 5.67. The molecule has 0 aliphatic carbocycles. The summed E-state index contributed by atoms with van der Waals surface area (Å²) in [5.41, 5.74) is 0.931. The Balaban J connectivity index is 2.63. The minimum absolute atomic E-state index is 0.173. The van der Waals surface area contributed by atoms with Crippen LogP contribution in [0.3, 0.4) is 0 Å². The normalized spacial score (nSPS) is 10.1. The third kappa shape index (κ3) is 3.90. The Bertz CT molecular complexity index is 453. The molecule has 6 heteroatoms. The molecule has 0 saturated carbocycles. The summed E-state index contributed by atoms with van der Waals surface area (Å²) in [5, 5.41) is 5.17. The van der Waals surface area contributed by atoms with E-state index in [2.05, 4.69) is 20.6 Å². The molecule has 0 atom stereocenters. The summed E-state index contributed by atoms with van der Waals surface area (Å²) < 4.78 is 0. The molecule has 0 spiro atoms. The van der Waals surface area contributed by atoms with Gasteiger partial charge in [0, 0.05) is 17.8 Å². The Labute approximate surface area is 99.8 Å². The summed E-state index contributed by atoms with van der Waals surface area (Å²) in [4.78, 5) is 29.4. The van der Waals surface area contributed by atoms with E-state index in [1.807, 2.05) is 6.92 Å². The van der Waals surface area contributed by atoms with E-state index in [-0.39, 0.29) is 17.5 Å². The average Bonchev–Trinajstić information content (AvgIpc) is 2.26. The van der Waals surface area contributed by atoms with Crippen molar-refractivity contribution in [1.82, 2.24) is 15.3 Å². The Kier molecular flexibility index (Phi) is 4.68. The number of H-pyrrole nitrogens is 1. The van der Waals surface area contributed by atoms with Gasteiger partial charge in [0.25, 0.3) is 5.56 Å². The Morgan fingerprint density at radius 1 is 1.41 bits per heavy atom. The molecule has 0 radical (unpaired) electrons. The minimum Gasteiger partial charge on any atom is -0.338 e. The number of aryl methyl sites for hydroxylation is 1. The van der Waals surface area contributed by atoms with Crippen molar-refractivity contribution in [3.63, 3.8) is 0 Å². The first kappa shape index (κ1) is 13.2. The highest BCUT2D eigenvalue weighted by atomic mass is 16.2. The molecule has 6 nitrogen and oxygen atoms in total. The minimum atomic E-state index is -0.357. The number of hydrogen-bond acceptors (Lipinski definition) is 3. The predicted octanol–water partition coefficient (Wildman–Crippen LogP) is 1.31. The van der Waals surface area contributed by atoms with Crippen molar-refractivity contribution < 1.29 is 4.79 Å². The second-order valence-electron chi connectivity index (χ2n) is 3.86. The van der Waals surface area contributed by atoms with Crippen molar-refractivity contribution in [3.05, 3.63) is 21.6 Å². The highest BCUT2D eigenvalue weighted by molar-refractivity contribution is 5.87. The van der Waals surface area contributed by atoms with Crippen LogP contribution >= 0.6 is 0 Å². The Morgan fingerprint density at radius 2 is 2.12 bits per heavy atom. The van der Waals surface area contributed by atoms with Crippen molar-refractivity contribution in [2.24, 2.45) is 0 Å². The van der Waals surface area contributed by atoms with E-state index in [0.29, 0.717) is 17.8 Å². The molecule has 1 aromatic heterocycles. The zero-order valence-corrected chi connectivity index (χ0v) is 10.4. The number of carbonyl (C=O) groups is 1. The number of carbonyl (C=O) groups excluding carboxylic acids is 1. The Morgan fingerprint density at radius 3 is 2.71 bits per heavy atom. The lowest BCUT2D eigenvalue weighted by Gasteiger charge is -2.07. The summed E-state index contributed by atoms with van der Waals surface area (Å²) in [6, 6.07) is -0.357. The molecular weight excluding hydrogens is 220 g/mol. The van der Waals surface area contributed by atoms with Crippen molar-refractivity contribution in [3.8, 4) is 0 Å². The molecule has 0 saturated heterocycles. The fourth-order valence-electron chi connectivity index (χ4n) is 1.23. The predicted molar refractivity (Wildman–Crippen MR) is 66.3 cm³/mol. The molecule has 94 valence electrons. The number of aromatic nitrogens is 2. The van der Waals surface area contributed by atoms with Crippen molar-refractivity contribution in [1.29, 1.82) is 0 Å². The van der Waals surface area contributed by atoms with Crippen molar-refractivity contribution >= 4 is 12.0 Å². The molecule has 17 heavy (non-hydrogen) atoms. The van der Waals surface area contributed by atoms with Crippen LogP contribution in [0, 0.1) is 13.8 Å². The number of amides is 2. The van der Waals surface area contributed by atoms with Gasteiger partial charge in [-0.15, -0.1) is 0 Å². The molecule has 3 N–H and O–H groups in total. The number of urea groups is 1. The van der Waals surface area contributed by atoms with E-state index < -0.39 is 0 Å². The zero-order chi connectivity index (χ0) is 12.8. The summed E-state index contributed by atoms with van der Waals surface area (Å²) in [7, 11) is 0. The molecule has 0 aliphatic heterocycles. The summed E-state index contributed by atoms with van der Waals surface area (Å²) in [6.07, 6.45) is 1.93. The van der Waals surface area contributed by atoms with Gasteiger partial charge in [-0.25, -0.2) is 9.78 Å². The monoisotopic (exact) mass is 238 g/mol. The van der Waals surface area contributed by atoms with Gasteiger partial charge in [-0.05, 0) is 20.3 Å². The van der Waals surface area contributed by atoms with Gasteiger partial charge in [0.15, 0.2) is 0 Å². The van der Waals surface area contributed by atoms with Crippen LogP contribution in [0.15, 0.2) is 4.79 Å². The number of hydrogen-bond donors (Lipinski definition) is 3. The van der Waals surface area contributed by atoms with Gasteiger partial charge in [0.1, 0.15) is 0 Å². The van der Waals surface area contributed by atoms with Crippen molar-refractivity contribution in [2.75, 3.05) is 11.9 Å². The van der Waals surface area contributed by atoms with Crippen LogP contribution in [-0.4, -0.2) is 22.5 Å². The Hall–Kier alpha value is -1.85. The number of nitrogens with one attached hydrogen (secondary N) is 3. The van der Waals surface area contributed by atoms with Gasteiger partial charge in [-0.2, -0.15) is 0 Å². The number of nitrogens with zero attached hydrogens (tertiary/aromatic N) is 1. The van der Waals surface area contributed by atoms with E-state index in [1.165, 1.54) is 0 Å². The molecule has 0 fully saturated rings. The van der Waals surface area contributed by atoms with Gasteiger partial charge in [-0.1, -0.05) is 13.3 Å². The molecule has 2 amide bonds. The summed E-state index contributed by atoms with van der Waals surface area (Å²) in [6.45, 7) is 6.07. The second kappa shape index (κ2) is 6.03. The van der Waals surface area contributed by atoms with E-state index in [9.17, 15) is 9.59 Å². The van der Waals surface area contributed by atoms with Gasteiger partial charge < -0.3 is 5.32 Å². The maximum absolute atomic E-state index is 11.4. The molecule has 1 aromatic rings. The number of aromatic amines is 1. The average molecular weight is 238 g/mol. The zero-order valence-electron chi connectivity index (χ0n) is 10.4. The lowest BCUT2D eigenvalue weighted by molar-refractivity contribution is 0.252. The SMILES string of the molecule is CCCCNC(=O)Nc1nc(C)c(C)c(=O)[nH]1.